The normalized spacial score (nSPS) is 23.5. The predicted molar refractivity (Wildman–Crippen MR) is 118 cm³/mol. The Hall–Kier alpha value is -2.69. The molecule has 3 atom stereocenters. The first-order valence-electron chi connectivity index (χ1n) is 10.7. The summed E-state index contributed by atoms with van der Waals surface area (Å²) < 4.78 is 45.3. The minimum Gasteiger partial charge on any atom is -0.354 e. The van der Waals surface area contributed by atoms with Crippen LogP contribution in [-0.4, -0.2) is 59.4 Å². The van der Waals surface area contributed by atoms with Gasteiger partial charge in [0.15, 0.2) is 5.65 Å². The first kappa shape index (κ1) is 21.2. The van der Waals surface area contributed by atoms with Crippen LogP contribution in [0.5, 0.6) is 0 Å². The van der Waals surface area contributed by atoms with Crippen LogP contribution in [0.25, 0.3) is 17.0 Å². The molecule has 5 rings (SSSR count). The Morgan fingerprint density at radius 3 is 2.75 bits per heavy atom. The molecule has 1 aliphatic heterocycles. The van der Waals surface area contributed by atoms with Gasteiger partial charge in [0.25, 0.3) is 6.43 Å². The van der Waals surface area contributed by atoms with E-state index in [4.69, 9.17) is 4.36 Å². The summed E-state index contributed by atoms with van der Waals surface area (Å²) in [7, 11) is -2.16. The summed E-state index contributed by atoms with van der Waals surface area (Å²) in [6, 6.07) is 4.59. The number of piperidine rings is 1. The fourth-order valence-electron chi connectivity index (χ4n) is 4.31. The second-order valence-corrected chi connectivity index (χ2v) is 11.4. The number of halogens is 2. The van der Waals surface area contributed by atoms with Crippen LogP contribution in [0.4, 0.5) is 14.6 Å². The van der Waals surface area contributed by atoms with Crippen LogP contribution in [0.3, 0.4) is 0 Å². The smallest absolute Gasteiger partial charge is 0.282 e. The molecule has 1 saturated heterocycles. The number of hydrogen-bond donors (Lipinski definition) is 0. The summed E-state index contributed by atoms with van der Waals surface area (Å²) in [6.45, 7) is 3.60. The Morgan fingerprint density at radius 1 is 1.19 bits per heavy atom. The van der Waals surface area contributed by atoms with E-state index >= 15 is 0 Å². The average molecular weight is 462 g/mol. The summed E-state index contributed by atoms with van der Waals surface area (Å²) in [6.07, 6.45) is 5.04. The van der Waals surface area contributed by atoms with E-state index in [-0.39, 0.29) is 17.0 Å². The number of alkyl halides is 2. The van der Waals surface area contributed by atoms with Crippen LogP contribution >= 0.6 is 0 Å². The number of hydrogen-bond acceptors (Lipinski definition) is 7. The molecule has 2 aliphatic rings. The quantitative estimate of drug-likeness (QED) is 0.577. The molecule has 2 fully saturated rings. The lowest BCUT2D eigenvalue weighted by Gasteiger charge is -2.35. The van der Waals surface area contributed by atoms with Crippen molar-refractivity contribution in [1.29, 1.82) is 0 Å². The summed E-state index contributed by atoms with van der Waals surface area (Å²) >= 11 is 0. The Balaban J connectivity index is 1.46. The fourth-order valence-corrected chi connectivity index (χ4v) is 6.24. The van der Waals surface area contributed by atoms with E-state index in [9.17, 15) is 13.0 Å². The molecule has 0 radical (unpaired) electrons. The van der Waals surface area contributed by atoms with Crippen LogP contribution in [0, 0.1) is 5.92 Å². The highest BCUT2D eigenvalue weighted by Gasteiger charge is 2.33. The van der Waals surface area contributed by atoms with Gasteiger partial charge in [-0.1, -0.05) is 6.92 Å². The second kappa shape index (κ2) is 8.02. The van der Waals surface area contributed by atoms with Crippen molar-refractivity contribution in [2.75, 3.05) is 24.2 Å². The third kappa shape index (κ3) is 4.17. The summed E-state index contributed by atoms with van der Waals surface area (Å²) in [5.74, 6) is 1.09. The third-order valence-electron chi connectivity index (χ3n) is 5.98. The van der Waals surface area contributed by atoms with E-state index in [0.717, 1.165) is 31.6 Å². The zero-order chi connectivity index (χ0) is 22.5. The molecule has 4 heterocycles. The van der Waals surface area contributed by atoms with Gasteiger partial charge in [0, 0.05) is 40.4 Å². The highest BCUT2D eigenvalue weighted by molar-refractivity contribution is 7.93. The van der Waals surface area contributed by atoms with E-state index in [1.54, 1.807) is 12.5 Å². The van der Waals surface area contributed by atoms with Crippen LogP contribution < -0.4 is 4.90 Å². The fraction of sp³-hybridized carbons (Fsp3) is 0.524. The van der Waals surface area contributed by atoms with E-state index in [0.29, 0.717) is 29.5 Å². The highest BCUT2D eigenvalue weighted by atomic mass is 32.2. The lowest BCUT2D eigenvalue weighted by atomic mass is 9.96. The molecule has 11 heteroatoms. The molecular weight excluding hydrogens is 436 g/mol. The Labute approximate surface area is 185 Å². The van der Waals surface area contributed by atoms with Crippen molar-refractivity contribution in [2.24, 2.45) is 10.3 Å². The monoisotopic (exact) mass is 461 g/mol. The van der Waals surface area contributed by atoms with Crippen molar-refractivity contribution >= 4 is 21.2 Å². The first-order chi connectivity index (χ1) is 15.3. The summed E-state index contributed by atoms with van der Waals surface area (Å²) in [5, 5.41) is 4.26. The maximum absolute atomic E-state index is 13.1. The lowest BCUT2D eigenvalue weighted by molar-refractivity contribution is 0.144. The van der Waals surface area contributed by atoms with Crippen molar-refractivity contribution in [1.82, 2.24) is 24.6 Å². The molecule has 1 saturated carbocycles. The topological polar surface area (TPSA) is 88.6 Å². The molecule has 3 aromatic rings. The average Bonchev–Trinajstić information content (AvgIpc) is 3.53. The van der Waals surface area contributed by atoms with Gasteiger partial charge in [-0.15, -0.1) is 0 Å². The zero-order valence-electron chi connectivity index (χ0n) is 17.9. The molecule has 170 valence electrons. The van der Waals surface area contributed by atoms with Gasteiger partial charge in [0.05, 0.1) is 17.9 Å². The minimum absolute atomic E-state index is 0.0127. The van der Waals surface area contributed by atoms with Gasteiger partial charge < -0.3 is 4.90 Å². The van der Waals surface area contributed by atoms with Crippen LogP contribution in [0.15, 0.2) is 35.1 Å². The highest BCUT2D eigenvalue weighted by Crippen LogP contribution is 2.32. The van der Waals surface area contributed by atoms with Gasteiger partial charge in [-0.25, -0.2) is 36.8 Å². The standard InChI is InChI=1S/C21H25F2N7OS/c1-13-7-14(28-32(2,31)15-3-4-15)11-29(10-13)20-8-17(25-12-26-20)18-9-24-19-6-5-16(21(22)23)27-30(18)19/h5-6,8-9,12-15,21H,3-4,7,10-11H2,1-2H3. The lowest BCUT2D eigenvalue weighted by Crippen LogP contribution is -2.42. The molecule has 0 spiro atoms. The van der Waals surface area contributed by atoms with Crippen molar-refractivity contribution in [3.63, 3.8) is 0 Å². The summed E-state index contributed by atoms with van der Waals surface area (Å²) in [4.78, 5) is 15.2. The van der Waals surface area contributed by atoms with Crippen molar-refractivity contribution in [2.45, 2.75) is 43.9 Å². The van der Waals surface area contributed by atoms with Gasteiger partial charge in [-0.05, 0) is 37.3 Å². The molecule has 8 nitrogen and oxygen atoms in total. The van der Waals surface area contributed by atoms with Crippen molar-refractivity contribution in [3.05, 3.63) is 36.4 Å². The maximum Gasteiger partial charge on any atom is 0.282 e. The third-order valence-corrected chi connectivity index (χ3v) is 8.41. The number of anilines is 1. The zero-order valence-corrected chi connectivity index (χ0v) is 18.8. The van der Waals surface area contributed by atoms with Crippen LogP contribution in [-0.2, 0) is 9.73 Å². The molecule has 0 N–H and O–H groups in total. The maximum atomic E-state index is 13.1. The molecule has 1 aliphatic carbocycles. The van der Waals surface area contributed by atoms with Gasteiger partial charge in [0.2, 0.25) is 0 Å². The number of aromatic nitrogens is 5. The molecule has 3 unspecified atom stereocenters. The Morgan fingerprint density at radius 2 is 2.00 bits per heavy atom. The molecule has 32 heavy (non-hydrogen) atoms. The van der Waals surface area contributed by atoms with Crippen LogP contribution in [0.1, 0.15) is 38.3 Å². The van der Waals surface area contributed by atoms with E-state index in [2.05, 4.69) is 31.9 Å². The SMILES string of the molecule is CC1CC(N=S(C)(=O)C2CC2)CN(c2cc(-c3cnc4ccc(C(F)F)nn34)ncn2)C1. The van der Waals surface area contributed by atoms with Crippen molar-refractivity contribution in [3.8, 4) is 11.4 Å². The molecule has 0 aromatic carbocycles. The first-order valence-corrected chi connectivity index (χ1v) is 12.7. The number of rotatable bonds is 5. The molecule has 0 bridgehead atoms. The number of nitrogens with zero attached hydrogens (tertiary/aromatic N) is 7. The Kier molecular flexibility index (Phi) is 5.31. The molecule has 3 aromatic heterocycles. The predicted octanol–water partition coefficient (Wildman–Crippen LogP) is 3.60. The largest absolute Gasteiger partial charge is 0.354 e. The van der Waals surface area contributed by atoms with E-state index in [1.807, 2.05) is 6.07 Å². The Bertz CT molecular complexity index is 1270. The second-order valence-electron chi connectivity index (χ2n) is 8.80. The van der Waals surface area contributed by atoms with Gasteiger partial charge in [-0.3, -0.25) is 0 Å². The summed E-state index contributed by atoms with van der Waals surface area (Å²) in [5.41, 5.74) is 1.21. The minimum atomic E-state index is -2.67. The molecule has 0 amide bonds. The van der Waals surface area contributed by atoms with Crippen LogP contribution in [0.2, 0.25) is 0 Å². The number of fused-ring (bicyclic) bond motifs is 1. The number of imidazole rings is 1. The van der Waals surface area contributed by atoms with Gasteiger partial charge in [0.1, 0.15) is 23.5 Å². The van der Waals surface area contributed by atoms with Gasteiger partial charge >= 0.3 is 0 Å². The molecular formula is C21H25F2N7OS. The van der Waals surface area contributed by atoms with Gasteiger partial charge in [-0.2, -0.15) is 5.10 Å². The van der Waals surface area contributed by atoms with E-state index < -0.39 is 16.2 Å². The van der Waals surface area contributed by atoms with E-state index in [1.165, 1.54) is 23.0 Å². The van der Waals surface area contributed by atoms with Crippen molar-refractivity contribution < 1.29 is 13.0 Å².